The number of aromatic nitrogens is 2. The first-order valence-corrected chi connectivity index (χ1v) is 9.68. The molecule has 0 saturated carbocycles. The van der Waals surface area contributed by atoms with E-state index in [1.807, 2.05) is 0 Å². The highest BCUT2D eigenvalue weighted by Gasteiger charge is 2.23. The number of nitriles is 1. The molecule has 1 atom stereocenters. The molecule has 4 rings (SSSR count). The third-order valence-corrected chi connectivity index (χ3v) is 5.49. The van der Waals surface area contributed by atoms with Gasteiger partial charge in [0, 0.05) is 6.54 Å². The van der Waals surface area contributed by atoms with Crippen LogP contribution in [0.1, 0.15) is 23.6 Å². The fraction of sp³-hybridized carbons (Fsp3) is 0.318. The van der Waals surface area contributed by atoms with Crippen molar-refractivity contribution in [2.24, 2.45) is 0 Å². The number of hydrogen-bond acceptors (Lipinski definition) is 6. The Morgan fingerprint density at radius 1 is 1.13 bits per heavy atom. The summed E-state index contributed by atoms with van der Waals surface area (Å²) in [6.07, 6.45) is 0.795. The minimum Gasteiger partial charge on any atom is -0.493 e. The molecule has 8 nitrogen and oxygen atoms in total. The van der Waals surface area contributed by atoms with Crippen LogP contribution in [0.25, 0.3) is 10.9 Å². The van der Waals surface area contributed by atoms with Crippen LogP contribution in [0, 0.1) is 11.3 Å². The van der Waals surface area contributed by atoms with E-state index in [1.54, 1.807) is 48.1 Å². The van der Waals surface area contributed by atoms with Gasteiger partial charge in [0.05, 0.1) is 49.3 Å². The minimum absolute atomic E-state index is 0.0508. The van der Waals surface area contributed by atoms with Crippen LogP contribution in [0.15, 0.2) is 46.0 Å². The maximum atomic E-state index is 13.4. The molecule has 1 fully saturated rings. The Balaban J connectivity index is 1.92. The van der Waals surface area contributed by atoms with Gasteiger partial charge in [-0.3, -0.25) is 13.9 Å². The van der Waals surface area contributed by atoms with Crippen molar-refractivity contribution >= 4 is 10.9 Å². The van der Waals surface area contributed by atoms with Crippen molar-refractivity contribution in [1.82, 2.24) is 14.5 Å². The summed E-state index contributed by atoms with van der Waals surface area (Å²) in [4.78, 5) is 26.6. The van der Waals surface area contributed by atoms with E-state index >= 15 is 0 Å². The average molecular weight is 406 g/mol. The molecule has 1 aliphatic rings. The third-order valence-electron chi connectivity index (χ3n) is 5.49. The molecule has 0 spiro atoms. The Morgan fingerprint density at radius 3 is 2.60 bits per heavy atom. The van der Waals surface area contributed by atoms with Crippen LogP contribution >= 0.6 is 0 Å². The number of rotatable bonds is 5. The quantitative estimate of drug-likeness (QED) is 0.692. The maximum Gasteiger partial charge on any atom is 0.332 e. The zero-order valence-corrected chi connectivity index (χ0v) is 16.8. The highest BCUT2D eigenvalue weighted by molar-refractivity contribution is 5.79. The second-order valence-corrected chi connectivity index (χ2v) is 7.22. The number of ether oxygens (including phenoxy) is 2. The minimum atomic E-state index is -0.413. The predicted octanol–water partition coefficient (Wildman–Crippen LogP) is 1.63. The van der Waals surface area contributed by atoms with Gasteiger partial charge in [-0.15, -0.1) is 0 Å². The predicted molar refractivity (Wildman–Crippen MR) is 112 cm³/mol. The van der Waals surface area contributed by atoms with Crippen LogP contribution in [0.3, 0.4) is 0 Å². The number of benzene rings is 2. The second-order valence-electron chi connectivity index (χ2n) is 7.22. The van der Waals surface area contributed by atoms with E-state index in [1.165, 1.54) is 11.7 Å². The summed E-state index contributed by atoms with van der Waals surface area (Å²) >= 11 is 0. The third kappa shape index (κ3) is 3.33. The first-order chi connectivity index (χ1) is 14.6. The van der Waals surface area contributed by atoms with Gasteiger partial charge in [0.1, 0.15) is 0 Å². The first kappa shape index (κ1) is 19.7. The fourth-order valence-electron chi connectivity index (χ4n) is 3.97. The summed E-state index contributed by atoms with van der Waals surface area (Å²) < 4.78 is 13.5. The normalized spacial score (nSPS) is 15.8. The van der Waals surface area contributed by atoms with Crippen molar-refractivity contribution in [3.8, 4) is 17.6 Å². The van der Waals surface area contributed by atoms with Gasteiger partial charge in [0.2, 0.25) is 0 Å². The van der Waals surface area contributed by atoms with Crippen molar-refractivity contribution in [2.45, 2.75) is 19.0 Å². The topological polar surface area (TPSA) is 98.3 Å². The molecule has 154 valence electrons. The van der Waals surface area contributed by atoms with E-state index in [-0.39, 0.29) is 18.3 Å². The molecule has 1 aromatic heterocycles. The summed E-state index contributed by atoms with van der Waals surface area (Å²) in [6, 6.07) is 12.2. The molecule has 1 unspecified atom stereocenters. The molecule has 8 heteroatoms. The first-order valence-electron chi connectivity index (χ1n) is 9.68. The number of methoxy groups -OCH3 is 2. The lowest BCUT2D eigenvalue weighted by molar-refractivity contribution is 0.354. The highest BCUT2D eigenvalue weighted by Crippen LogP contribution is 2.28. The van der Waals surface area contributed by atoms with Gasteiger partial charge >= 0.3 is 5.69 Å². The van der Waals surface area contributed by atoms with Crippen molar-refractivity contribution < 1.29 is 9.47 Å². The molecule has 0 radical (unpaired) electrons. The van der Waals surface area contributed by atoms with Crippen molar-refractivity contribution in [2.75, 3.05) is 27.3 Å². The molecule has 3 aromatic rings. The highest BCUT2D eigenvalue weighted by atomic mass is 16.5. The summed E-state index contributed by atoms with van der Waals surface area (Å²) in [7, 11) is 3.08. The van der Waals surface area contributed by atoms with Crippen LogP contribution in [-0.4, -0.2) is 36.4 Å². The van der Waals surface area contributed by atoms with E-state index in [4.69, 9.17) is 9.47 Å². The van der Waals surface area contributed by atoms with Gasteiger partial charge in [0.25, 0.3) is 5.56 Å². The summed E-state index contributed by atoms with van der Waals surface area (Å²) in [5, 5.41) is 12.9. The molecular weight excluding hydrogens is 384 g/mol. The molecule has 1 saturated heterocycles. The zero-order chi connectivity index (χ0) is 21.3. The SMILES string of the molecule is COc1ccc(Cn2c(=O)c3cc(C#N)ccc3n(C3CCNC3)c2=O)cc1OC. The number of nitrogens with zero attached hydrogens (tertiary/aromatic N) is 3. The number of nitrogens with one attached hydrogen (secondary N) is 1. The second kappa shape index (κ2) is 8.05. The van der Waals surface area contributed by atoms with Crippen molar-refractivity contribution in [1.29, 1.82) is 5.26 Å². The van der Waals surface area contributed by atoms with Gasteiger partial charge in [-0.2, -0.15) is 5.26 Å². The number of fused-ring (bicyclic) bond motifs is 1. The van der Waals surface area contributed by atoms with Gasteiger partial charge in [-0.1, -0.05) is 6.07 Å². The van der Waals surface area contributed by atoms with Crippen LogP contribution in [0.2, 0.25) is 0 Å². The smallest absolute Gasteiger partial charge is 0.332 e. The summed E-state index contributed by atoms with van der Waals surface area (Å²) in [6.45, 7) is 1.55. The molecule has 2 aromatic carbocycles. The molecule has 0 bridgehead atoms. The van der Waals surface area contributed by atoms with Gasteiger partial charge in [-0.25, -0.2) is 4.79 Å². The van der Waals surface area contributed by atoms with E-state index in [2.05, 4.69) is 11.4 Å². The zero-order valence-electron chi connectivity index (χ0n) is 16.8. The summed E-state index contributed by atoms with van der Waals surface area (Å²) in [5.74, 6) is 1.09. The maximum absolute atomic E-state index is 13.4. The van der Waals surface area contributed by atoms with Crippen LogP contribution in [-0.2, 0) is 6.54 Å². The van der Waals surface area contributed by atoms with Crippen molar-refractivity contribution in [3.05, 3.63) is 68.4 Å². The molecule has 0 amide bonds. The average Bonchev–Trinajstić information content (AvgIpc) is 3.30. The van der Waals surface area contributed by atoms with Crippen LogP contribution < -0.4 is 26.0 Å². The molecule has 1 N–H and O–H groups in total. The Labute approximate surface area is 172 Å². The lowest BCUT2D eigenvalue weighted by atomic mass is 10.1. The van der Waals surface area contributed by atoms with Crippen LogP contribution in [0.4, 0.5) is 0 Å². The molecule has 1 aliphatic heterocycles. The molecule has 0 aliphatic carbocycles. The Morgan fingerprint density at radius 2 is 1.93 bits per heavy atom. The van der Waals surface area contributed by atoms with E-state index in [0.29, 0.717) is 34.5 Å². The van der Waals surface area contributed by atoms with Gasteiger partial charge in [-0.05, 0) is 48.9 Å². The lowest BCUT2D eigenvalue weighted by Crippen LogP contribution is -2.42. The Hall–Kier alpha value is -3.57. The van der Waals surface area contributed by atoms with Crippen LogP contribution in [0.5, 0.6) is 11.5 Å². The molecule has 30 heavy (non-hydrogen) atoms. The standard InChI is InChI=1S/C22H22N4O4/c1-29-19-6-4-15(10-20(19)30-2)13-25-21(27)17-9-14(11-23)3-5-18(17)26(22(25)28)16-7-8-24-12-16/h3-6,9-10,16,24H,7-8,12-13H2,1-2H3. The van der Waals surface area contributed by atoms with E-state index in [9.17, 15) is 14.9 Å². The molecule has 2 heterocycles. The monoisotopic (exact) mass is 406 g/mol. The van der Waals surface area contributed by atoms with E-state index in [0.717, 1.165) is 18.5 Å². The molecular formula is C22H22N4O4. The largest absolute Gasteiger partial charge is 0.493 e. The number of hydrogen-bond donors (Lipinski definition) is 1. The van der Waals surface area contributed by atoms with Gasteiger partial charge in [0.15, 0.2) is 11.5 Å². The fourth-order valence-corrected chi connectivity index (χ4v) is 3.97. The Bertz CT molecular complexity index is 1260. The van der Waals surface area contributed by atoms with Crippen molar-refractivity contribution in [3.63, 3.8) is 0 Å². The van der Waals surface area contributed by atoms with E-state index < -0.39 is 5.56 Å². The lowest BCUT2D eigenvalue weighted by Gasteiger charge is -2.19. The summed E-state index contributed by atoms with van der Waals surface area (Å²) in [5.41, 5.74) is 0.900. The Kier molecular flexibility index (Phi) is 5.29. The van der Waals surface area contributed by atoms with Gasteiger partial charge < -0.3 is 14.8 Å².